The van der Waals surface area contributed by atoms with E-state index in [9.17, 15) is 4.79 Å². The third kappa shape index (κ3) is 3.27. The van der Waals surface area contributed by atoms with Gasteiger partial charge >= 0.3 is 6.03 Å². The van der Waals surface area contributed by atoms with Crippen molar-refractivity contribution in [1.82, 2.24) is 10.7 Å². The van der Waals surface area contributed by atoms with E-state index < -0.39 is 0 Å². The maximum absolute atomic E-state index is 10.9. The van der Waals surface area contributed by atoms with Gasteiger partial charge in [-0.2, -0.15) is 5.10 Å². The minimum absolute atomic E-state index is 0.243. The summed E-state index contributed by atoms with van der Waals surface area (Å²) in [5, 5.41) is 6.57. The van der Waals surface area contributed by atoms with Crippen molar-refractivity contribution in [2.45, 2.75) is 26.7 Å². The van der Waals surface area contributed by atoms with Crippen molar-refractivity contribution in [2.75, 3.05) is 6.54 Å². The Bertz CT molecular complexity index is 256. The first-order chi connectivity index (χ1) is 6.22. The molecule has 0 aromatic rings. The Morgan fingerprint density at radius 3 is 2.92 bits per heavy atom. The van der Waals surface area contributed by atoms with Crippen LogP contribution in [0.5, 0.6) is 0 Å². The van der Waals surface area contributed by atoms with Gasteiger partial charge < -0.3 is 5.32 Å². The minimum Gasteiger partial charge on any atom is -0.337 e. The number of rotatable bonds is 2. The zero-order valence-electron chi connectivity index (χ0n) is 8.05. The number of amides is 2. The lowest BCUT2D eigenvalue weighted by Gasteiger charge is -1.99. The molecule has 4 heteroatoms. The summed E-state index contributed by atoms with van der Waals surface area (Å²) in [4.78, 5) is 10.9. The second-order valence-electron chi connectivity index (χ2n) is 3.07. The molecule has 0 aliphatic heterocycles. The van der Waals surface area contributed by atoms with E-state index in [1.54, 1.807) is 0 Å². The van der Waals surface area contributed by atoms with Gasteiger partial charge in [-0.05, 0) is 32.8 Å². The number of urea groups is 1. The van der Waals surface area contributed by atoms with Crippen molar-refractivity contribution >= 4 is 11.7 Å². The Kier molecular flexibility index (Phi) is 3.49. The Morgan fingerprint density at radius 1 is 1.62 bits per heavy atom. The van der Waals surface area contributed by atoms with Gasteiger partial charge in [0.15, 0.2) is 0 Å². The molecule has 2 N–H and O–H groups in total. The molecule has 13 heavy (non-hydrogen) atoms. The van der Waals surface area contributed by atoms with E-state index in [1.165, 1.54) is 5.57 Å². The van der Waals surface area contributed by atoms with Crippen LogP contribution >= 0.6 is 0 Å². The fraction of sp³-hybridized carbons (Fsp3) is 0.556. The molecule has 0 heterocycles. The van der Waals surface area contributed by atoms with Gasteiger partial charge in [-0.15, -0.1) is 0 Å². The van der Waals surface area contributed by atoms with E-state index in [4.69, 9.17) is 0 Å². The summed E-state index contributed by atoms with van der Waals surface area (Å²) in [7, 11) is 0. The summed E-state index contributed by atoms with van der Waals surface area (Å²) in [6.07, 6.45) is 3.99. The molecule has 0 radical (unpaired) electrons. The number of hydrogen-bond acceptors (Lipinski definition) is 2. The number of carbonyl (C=O) groups excluding carboxylic acids is 1. The van der Waals surface area contributed by atoms with Gasteiger partial charge in [0.1, 0.15) is 0 Å². The van der Waals surface area contributed by atoms with Gasteiger partial charge in [0.05, 0.1) is 5.71 Å². The highest BCUT2D eigenvalue weighted by Gasteiger charge is 2.06. The summed E-state index contributed by atoms with van der Waals surface area (Å²) >= 11 is 0. The molecular formula is C9H15N3O. The molecule has 0 unspecified atom stereocenters. The molecule has 1 rings (SSSR count). The molecule has 0 spiro atoms. The Morgan fingerprint density at radius 2 is 2.38 bits per heavy atom. The van der Waals surface area contributed by atoms with Gasteiger partial charge in [-0.25, -0.2) is 10.2 Å². The monoisotopic (exact) mass is 181 g/mol. The SMILES string of the molecule is CCNC(=O)N/N=C1/C=C(C)CC1. The maximum atomic E-state index is 10.9. The standard InChI is InChI=1S/C9H15N3O/c1-3-10-9(13)12-11-8-5-4-7(2)6-8/h6H,3-5H2,1-2H3,(H2,10,12,13)/b11-8+. The molecule has 2 amide bonds. The fourth-order valence-electron chi connectivity index (χ4n) is 1.16. The smallest absolute Gasteiger partial charge is 0.335 e. The fourth-order valence-corrected chi connectivity index (χ4v) is 1.16. The van der Waals surface area contributed by atoms with Crippen LogP contribution in [0.25, 0.3) is 0 Å². The summed E-state index contributed by atoms with van der Waals surface area (Å²) in [5.41, 5.74) is 4.70. The van der Waals surface area contributed by atoms with Crippen molar-refractivity contribution < 1.29 is 4.79 Å². The van der Waals surface area contributed by atoms with E-state index in [1.807, 2.05) is 13.0 Å². The largest absolute Gasteiger partial charge is 0.337 e. The molecule has 0 aromatic heterocycles. The lowest BCUT2D eigenvalue weighted by molar-refractivity contribution is 0.242. The average Bonchev–Trinajstić information content (AvgIpc) is 2.49. The van der Waals surface area contributed by atoms with Gasteiger partial charge in [-0.3, -0.25) is 0 Å². The van der Waals surface area contributed by atoms with Crippen molar-refractivity contribution in [3.63, 3.8) is 0 Å². The summed E-state index contributed by atoms with van der Waals surface area (Å²) in [6, 6.07) is -0.243. The van der Waals surface area contributed by atoms with Crippen molar-refractivity contribution in [3.05, 3.63) is 11.6 Å². The Balaban J connectivity index is 2.36. The Hall–Kier alpha value is -1.32. The first kappa shape index (κ1) is 9.77. The molecule has 0 atom stereocenters. The normalized spacial score (nSPS) is 18.6. The van der Waals surface area contributed by atoms with E-state index in [0.717, 1.165) is 18.6 Å². The van der Waals surface area contributed by atoms with Gasteiger partial charge in [0, 0.05) is 6.54 Å². The lowest BCUT2D eigenvalue weighted by Crippen LogP contribution is -2.32. The van der Waals surface area contributed by atoms with Crippen LogP contribution in [-0.4, -0.2) is 18.3 Å². The zero-order valence-corrected chi connectivity index (χ0v) is 8.05. The van der Waals surface area contributed by atoms with Gasteiger partial charge in [0.25, 0.3) is 0 Å². The average molecular weight is 181 g/mol. The van der Waals surface area contributed by atoms with E-state index in [-0.39, 0.29) is 6.03 Å². The quantitative estimate of drug-likeness (QED) is 0.622. The van der Waals surface area contributed by atoms with E-state index in [0.29, 0.717) is 6.54 Å². The topological polar surface area (TPSA) is 53.5 Å². The van der Waals surface area contributed by atoms with E-state index in [2.05, 4.69) is 22.8 Å². The summed E-state index contributed by atoms with van der Waals surface area (Å²) in [5.74, 6) is 0. The van der Waals surface area contributed by atoms with Gasteiger partial charge in [0.2, 0.25) is 0 Å². The number of carbonyl (C=O) groups is 1. The van der Waals surface area contributed by atoms with Crippen LogP contribution in [-0.2, 0) is 0 Å². The number of nitrogens with zero attached hydrogens (tertiary/aromatic N) is 1. The minimum atomic E-state index is -0.243. The van der Waals surface area contributed by atoms with Crippen LogP contribution in [0.3, 0.4) is 0 Å². The van der Waals surface area contributed by atoms with Crippen LogP contribution < -0.4 is 10.7 Å². The van der Waals surface area contributed by atoms with Crippen LogP contribution in [0.15, 0.2) is 16.8 Å². The number of hydrogen-bond donors (Lipinski definition) is 2. The molecule has 1 aliphatic carbocycles. The highest BCUT2D eigenvalue weighted by Crippen LogP contribution is 2.13. The van der Waals surface area contributed by atoms with E-state index >= 15 is 0 Å². The molecule has 0 bridgehead atoms. The zero-order chi connectivity index (χ0) is 9.68. The third-order valence-corrected chi connectivity index (χ3v) is 1.83. The second kappa shape index (κ2) is 4.64. The summed E-state index contributed by atoms with van der Waals surface area (Å²) in [6.45, 7) is 4.55. The van der Waals surface area contributed by atoms with Crippen molar-refractivity contribution in [1.29, 1.82) is 0 Å². The van der Waals surface area contributed by atoms with Crippen LogP contribution in [0.2, 0.25) is 0 Å². The van der Waals surface area contributed by atoms with Crippen LogP contribution in [0, 0.1) is 0 Å². The lowest BCUT2D eigenvalue weighted by atomic mass is 10.3. The predicted molar refractivity (Wildman–Crippen MR) is 52.6 cm³/mol. The highest BCUT2D eigenvalue weighted by molar-refractivity contribution is 5.98. The van der Waals surface area contributed by atoms with Crippen molar-refractivity contribution in [2.24, 2.45) is 5.10 Å². The second-order valence-corrected chi connectivity index (χ2v) is 3.07. The maximum Gasteiger partial charge on any atom is 0.335 e. The summed E-state index contributed by atoms with van der Waals surface area (Å²) < 4.78 is 0. The molecule has 4 nitrogen and oxygen atoms in total. The number of nitrogens with one attached hydrogen (secondary N) is 2. The number of allylic oxidation sites excluding steroid dienone is 2. The molecule has 1 aliphatic rings. The van der Waals surface area contributed by atoms with Gasteiger partial charge in [-0.1, -0.05) is 5.57 Å². The molecule has 0 saturated heterocycles. The first-order valence-corrected chi connectivity index (χ1v) is 4.50. The van der Waals surface area contributed by atoms with Crippen LogP contribution in [0.4, 0.5) is 4.79 Å². The molecule has 0 saturated carbocycles. The molecular weight excluding hydrogens is 166 g/mol. The first-order valence-electron chi connectivity index (χ1n) is 4.50. The Labute approximate surface area is 78.1 Å². The molecule has 72 valence electrons. The highest BCUT2D eigenvalue weighted by atomic mass is 16.2. The molecule has 0 aromatic carbocycles. The third-order valence-electron chi connectivity index (χ3n) is 1.83. The predicted octanol–water partition coefficient (Wildman–Crippen LogP) is 1.40. The van der Waals surface area contributed by atoms with Crippen LogP contribution in [0.1, 0.15) is 26.7 Å². The van der Waals surface area contributed by atoms with Crippen molar-refractivity contribution in [3.8, 4) is 0 Å². The molecule has 0 fully saturated rings. The number of hydrazone groups is 1.